The minimum absolute atomic E-state index is 0.0292. The van der Waals surface area contributed by atoms with E-state index in [0.717, 1.165) is 0 Å². The van der Waals surface area contributed by atoms with Crippen LogP contribution < -0.4 is 0 Å². The maximum absolute atomic E-state index is 12.4. The van der Waals surface area contributed by atoms with E-state index in [1.165, 1.54) is 38.1 Å². The Balaban J connectivity index is 2.98. The van der Waals surface area contributed by atoms with Gasteiger partial charge < -0.3 is 9.84 Å². The lowest BCUT2D eigenvalue weighted by Crippen LogP contribution is -2.16. The van der Waals surface area contributed by atoms with Gasteiger partial charge in [0.1, 0.15) is 0 Å². The highest BCUT2D eigenvalue weighted by atomic mass is 16.6. The molecule has 130 valence electrons. The molecule has 0 saturated heterocycles. The molecule has 0 atom stereocenters. The van der Waals surface area contributed by atoms with Gasteiger partial charge in [-0.1, -0.05) is 12.1 Å². The fourth-order valence-corrected chi connectivity index (χ4v) is 2.68. The predicted octanol–water partition coefficient (Wildman–Crippen LogP) is 3.15. The number of para-hydroxylation sites is 1. The second-order valence-electron chi connectivity index (χ2n) is 5.21. The lowest BCUT2D eigenvalue weighted by Gasteiger charge is -2.16. The predicted molar refractivity (Wildman–Crippen MR) is 88.7 cm³/mol. The number of aromatic nitrogens is 1. The number of pyridine rings is 1. The van der Waals surface area contributed by atoms with E-state index in [-0.39, 0.29) is 45.9 Å². The third-order valence-electron chi connectivity index (χ3n) is 3.62. The number of carboxylic acids is 1. The van der Waals surface area contributed by atoms with Crippen LogP contribution in [0.25, 0.3) is 11.1 Å². The SMILES string of the molecule is CCOC(=O)c1c(C)nc(C)c(C(=O)O)c1-c1ccccc1[N+](=O)[O-]. The molecule has 1 heterocycles. The summed E-state index contributed by atoms with van der Waals surface area (Å²) in [6.45, 7) is 4.69. The van der Waals surface area contributed by atoms with Gasteiger partial charge in [0.2, 0.25) is 0 Å². The molecule has 8 heteroatoms. The molecule has 0 spiro atoms. The monoisotopic (exact) mass is 344 g/mol. The Morgan fingerprint density at radius 1 is 1.20 bits per heavy atom. The molecule has 2 rings (SSSR count). The molecule has 0 aliphatic carbocycles. The number of carbonyl (C=O) groups excluding carboxylic acids is 1. The first kappa shape index (κ1) is 18.1. The normalized spacial score (nSPS) is 10.4. The van der Waals surface area contributed by atoms with Gasteiger partial charge in [0.15, 0.2) is 0 Å². The second-order valence-corrected chi connectivity index (χ2v) is 5.21. The fourth-order valence-electron chi connectivity index (χ4n) is 2.68. The molecule has 0 fully saturated rings. The maximum Gasteiger partial charge on any atom is 0.340 e. The van der Waals surface area contributed by atoms with E-state index in [9.17, 15) is 24.8 Å². The van der Waals surface area contributed by atoms with Crippen molar-refractivity contribution in [1.82, 2.24) is 4.98 Å². The van der Waals surface area contributed by atoms with Gasteiger partial charge >= 0.3 is 11.9 Å². The van der Waals surface area contributed by atoms with Crippen molar-refractivity contribution in [2.45, 2.75) is 20.8 Å². The van der Waals surface area contributed by atoms with E-state index in [4.69, 9.17) is 4.74 Å². The van der Waals surface area contributed by atoms with Crippen molar-refractivity contribution in [3.8, 4) is 11.1 Å². The third kappa shape index (κ3) is 3.32. The lowest BCUT2D eigenvalue weighted by molar-refractivity contribution is -0.384. The molecule has 0 unspecified atom stereocenters. The third-order valence-corrected chi connectivity index (χ3v) is 3.62. The Morgan fingerprint density at radius 2 is 1.80 bits per heavy atom. The molecule has 0 aliphatic rings. The van der Waals surface area contributed by atoms with Gasteiger partial charge in [-0.25, -0.2) is 9.59 Å². The molecular formula is C17H16N2O6. The lowest BCUT2D eigenvalue weighted by atomic mass is 9.91. The highest BCUT2D eigenvalue weighted by Crippen LogP contribution is 2.37. The fraction of sp³-hybridized carbons (Fsp3) is 0.235. The first-order valence-corrected chi connectivity index (χ1v) is 7.45. The Labute approximate surface area is 143 Å². The molecule has 25 heavy (non-hydrogen) atoms. The zero-order valence-corrected chi connectivity index (χ0v) is 13.9. The smallest absolute Gasteiger partial charge is 0.340 e. The van der Waals surface area contributed by atoms with E-state index in [1.54, 1.807) is 6.92 Å². The molecule has 1 aromatic carbocycles. The number of carboxylic acid groups (broad SMARTS) is 1. The van der Waals surface area contributed by atoms with Crippen molar-refractivity contribution < 1.29 is 24.4 Å². The number of aromatic carboxylic acids is 1. The van der Waals surface area contributed by atoms with Gasteiger partial charge in [0, 0.05) is 11.6 Å². The number of nitro groups is 1. The van der Waals surface area contributed by atoms with Gasteiger partial charge in [-0.05, 0) is 26.8 Å². The van der Waals surface area contributed by atoms with E-state index < -0.39 is 16.9 Å². The number of nitro benzene ring substituents is 1. The van der Waals surface area contributed by atoms with Crippen molar-refractivity contribution >= 4 is 17.6 Å². The quantitative estimate of drug-likeness (QED) is 0.502. The first-order valence-electron chi connectivity index (χ1n) is 7.45. The van der Waals surface area contributed by atoms with Crippen LogP contribution in [0.5, 0.6) is 0 Å². The molecule has 0 bridgehead atoms. The molecule has 1 N–H and O–H groups in total. The standard InChI is InChI=1S/C17H16N2O6/c1-4-25-17(22)14-10(3)18-9(2)13(16(20)21)15(14)11-7-5-6-8-12(11)19(23)24/h5-8H,4H2,1-3H3,(H,20,21). The number of rotatable bonds is 5. The number of hydrogen-bond donors (Lipinski definition) is 1. The molecule has 8 nitrogen and oxygen atoms in total. The van der Waals surface area contributed by atoms with Crippen LogP contribution >= 0.6 is 0 Å². The molecule has 0 radical (unpaired) electrons. The average molecular weight is 344 g/mol. The molecule has 2 aromatic rings. The van der Waals surface area contributed by atoms with Gasteiger partial charge in [0.05, 0.1) is 39.6 Å². The van der Waals surface area contributed by atoms with E-state index >= 15 is 0 Å². The number of ether oxygens (including phenoxy) is 1. The van der Waals surface area contributed by atoms with E-state index in [1.807, 2.05) is 0 Å². The first-order chi connectivity index (χ1) is 11.8. The molecule has 0 aliphatic heterocycles. The minimum atomic E-state index is -1.33. The summed E-state index contributed by atoms with van der Waals surface area (Å²) >= 11 is 0. The summed E-state index contributed by atoms with van der Waals surface area (Å²) in [6, 6.07) is 5.66. The minimum Gasteiger partial charge on any atom is -0.478 e. The van der Waals surface area contributed by atoms with Crippen LogP contribution in [0, 0.1) is 24.0 Å². The zero-order chi connectivity index (χ0) is 18.7. The molecular weight excluding hydrogens is 328 g/mol. The molecule has 0 amide bonds. The van der Waals surface area contributed by atoms with Crippen LogP contribution in [0.2, 0.25) is 0 Å². The zero-order valence-electron chi connectivity index (χ0n) is 13.9. The largest absolute Gasteiger partial charge is 0.478 e. The van der Waals surface area contributed by atoms with Crippen LogP contribution in [-0.4, -0.2) is 33.6 Å². The average Bonchev–Trinajstić information content (AvgIpc) is 2.53. The van der Waals surface area contributed by atoms with E-state index in [2.05, 4.69) is 4.98 Å². The number of hydrogen-bond acceptors (Lipinski definition) is 6. The number of nitrogens with zero attached hydrogens (tertiary/aromatic N) is 2. The summed E-state index contributed by atoms with van der Waals surface area (Å²) in [5.41, 5.74) is -0.271. The van der Waals surface area contributed by atoms with Crippen molar-refractivity contribution in [3.63, 3.8) is 0 Å². The number of aryl methyl sites for hydroxylation is 2. The van der Waals surface area contributed by atoms with Gasteiger partial charge in [-0.2, -0.15) is 0 Å². The Bertz CT molecular complexity index is 876. The number of carbonyl (C=O) groups is 2. The van der Waals surface area contributed by atoms with Crippen LogP contribution in [0.15, 0.2) is 24.3 Å². The van der Waals surface area contributed by atoms with Crippen LogP contribution in [-0.2, 0) is 4.74 Å². The Kier molecular flexibility index (Phi) is 5.11. The Morgan fingerprint density at radius 3 is 2.36 bits per heavy atom. The molecule has 1 aromatic heterocycles. The molecule has 0 saturated carbocycles. The van der Waals surface area contributed by atoms with Crippen molar-refractivity contribution in [3.05, 3.63) is 56.9 Å². The summed E-state index contributed by atoms with van der Waals surface area (Å²) in [4.78, 5) is 39.0. The summed E-state index contributed by atoms with van der Waals surface area (Å²) in [5, 5.41) is 21.0. The van der Waals surface area contributed by atoms with Gasteiger partial charge in [0.25, 0.3) is 5.69 Å². The summed E-state index contributed by atoms with van der Waals surface area (Å²) < 4.78 is 5.00. The van der Waals surface area contributed by atoms with Gasteiger partial charge in [-0.3, -0.25) is 15.1 Å². The summed E-state index contributed by atoms with van der Waals surface area (Å²) in [6.07, 6.45) is 0. The summed E-state index contributed by atoms with van der Waals surface area (Å²) in [5.74, 6) is -2.10. The highest BCUT2D eigenvalue weighted by molar-refractivity contribution is 6.07. The number of benzene rings is 1. The second kappa shape index (κ2) is 7.08. The topological polar surface area (TPSA) is 120 Å². The Hall–Kier alpha value is -3.29. The number of esters is 1. The summed E-state index contributed by atoms with van der Waals surface area (Å²) in [7, 11) is 0. The van der Waals surface area contributed by atoms with Crippen LogP contribution in [0.4, 0.5) is 5.69 Å². The highest BCUT2D eigenvalue weighted by Gasteiger charge is 2.30. The van der Waals surface area contributed by atoms with Crippen LogP contribution in [0.3, 0.4) is 0 Å². The van der Waals surface area contributed by atoms with E-state index in [0.29, 0.717) is 0 Å². The van der Waals surface area contributed by atoms with Crippen molar-refractivity contribution in [2.75, 3.05) is 6.61 Å². The van der Waals surface area contributed by atoms with Crippen LogP contribution in [0.1, 0.15) is 39.0 Å². The van der Waals surface area contributed by atoms with Gasteiger partial charge in [-0.15, -0.1) is 0 Å². The maximum atomic E-state index is 12.4. The van der Waals surface area contributed by atoms with Crippen molar-refractivity contribution in [1.29, 1.82) is 0 Å². The van der Waals surface area contributed by atoms with Crippen molar-refractivity contribution in [2.24, 2.45) is 0 Å².